The Balaban J connectivity index is 1.59. The number of benzene rings is 1. The number of sulfonamides is 1. The van der Waals surface area contributed by atoms with Gasteiger partial charge in [0.1, 0.15) is 0 Å². The summed E-state index contributed by atoms with van der Waals surface area (Å²) in [6.07, 6.45) is -1.22. The first-order valence-electron chi connectivity index (χ1n) is 12.2. The van der Waals surface area contributed by atoms with Crippen molar-refractivity contribution < 1.29 is 26.7 Å². The third-order valence-corrected chi connectivity index (χ3v) is 9.24. The van der Waals surface area contributed by atoms with Crippen molar-refractivity contribution in [3.05, 3.63) is 23.3 Å². The summed E-state index contributed by atoms with van der Waals surface area (Å²) in [5.74, 6) is -0.0620. The first-order chi connectivity index (χ1) is 17.9. The van der Waals surface area contributed by atoms with Gasteiger partial charge in [0.05, 0.1) is 35.4 Å². The zero-order chi connectivity index (χ0) is 27.4. The fourth-order valence-electron chi connectivity index (χ4n) is 4.74. The number of amides is 1. The van der Waals surface area contributed by atoms with Gasteiger partial charge in [0.15, 0.2) is 5.01 Å². The van der Waals surface area contributed by atoms with Crippen LogP contribution in [0.4, 0.5) is 14.5 Å². The number of ether oxygens (including phenoxy) is 1. The number of nitrogens with one attached hydrogen (secondary N) is 1. The van der Waals surface area contributed by atoms with Crippen molar-refractivity contribution in [1.82, 2.24) is 29.6 Å². The molecule has 4 heterocycles. The Bertz CT molecular complexity index is 1470. The summed E-state index contributed by atoms with van der Waals surface area (Å²) in [7, 11) is -3.98. The Morgan fingerprint density at radius 2 is 1.97 bits per heavy atom. The third kappa shape index (κ3) is 4.87. The molecule has 1 unspecified atom stereocenters. The number of carbonyl (C=O) groups excluding carboxylic acids is 1. The number of halogens is 2. The molecule has 206 valence electrons. The van der Waals surface area contributed by atoms with Gasteiger partial charge in [0, 0.05) is 42.7 Å². The molecule has 3 aromatic rings. The molecular weight excluding hydrogens is 540 g/mol. The molecule has 0 saturated carbocycles. The molecule has 5 rings (SSSR count). The maximum absolute atomic E-state index is 13.5. The van der Waals surface area contributed by atoms with Gasteiger partial charge < -0.3 is 14.5 Å². The van der Waals surface area contributed by atoms with Crippen LogP contribution < -0.4 is 9.62 Å². The third-order valence-electron chi connectivity index (χ3n) is 6.72. The first kappa shape index (κ1) is 26.8. The topological polar surface area (TPSA) is 123 Å². The van der Waals surface area contributed by atoms with Crippen molar-refractivity contribution in [3.8, 4) is 5.13 Å². The lowest BCUT2D eigenvalue weighted by Crippen LogP contribution is -2.59. The molecule has 1 N–H and O–H groups in total. The lowest BCUT2D eigenvalue weighted by Gasteiger charge is -2.42. The number of fused-ring (bicyclic) bond motifs is 1. The molecule has 0 bridgehead atoms. The number of hydrogen-bond donors (Lipinski definition) is 1. The standard InChI is InChI=1S/C23H29F2N7O4S2/c1-13(2)21(33)31-6-5-30(10-14(31)3)17-7-15(38(34,35)29-23(4)11-36-12-23)8-18-16(17)9-26-32(18)22-28-27-20(37-22)19(24)25/h7-9,13-14,19,29H,5-6,10-12H2,1-4H3. The lowest BCUT2D eigenvalue weighted by atomic mass is 10.0. The van der Waals surface area contributed by atoms with Gasteiger partial charge in [-0.2, -0.15) is 5.10 Å². The summed E-state index contributed by atoms with van der Waals surface area (Å²) < 4.78 is 62.5. The molecule has 2 aromatic heterocycles. The Hall–Kier alpha value is -2.75. The quantitative estimate of drug-likeness (QED) is 0.461. The Labute approximate surface area is 222 Å². The van der Waals surface area contributed by atoms with Crippen molar-refractivity contribution in [2.75, 3.05) is 37.7 Å². The van der Waals surface area contributed by atoms with Crippen molar-refractivity contribution >= 4 is 43.9 Å². The Morgan fingerprint density at radius 1 is 1.24 bits per heavy atom. The Kier molecular flexibility index (Phi) is 6.90. The molecule has 1 amide bonds. The molecule has 0 aliphatic carbocycles. The largest absolute Gasteiger partial charge is 0.377 e. The van der Waals surface area contributed by atoms with E-state index in [4.69, 9.17) is 4.74 Å². The van der Waals surface area contributed by atoms with Crippen LogP contribution in [0.3, 0.4) is 0 Å². The minimum Gasteiger partial charge on any atom is -0.377 e. The van der Waals surface area contributed by atoms with Crippen LogP contribution in [0.1, 0.15) is 39.1 Å². The fourth-order valence-corrected chi connectivity index (χ4v) is 6.83. The van der Waals surface area contributed by atoms with E-state index in [1.807, 2.05) is 30.6 Å². The second-order valence-electron chi connectivity index (χ2n) is 10.3. The van der Waals surface area contributed by atoms with E-state index in [0.29, 0.717) is 47.6 Å². The van der Waals surface area contributed by atoms with E-state index in [2.05, 4.69) is 20.0 Å². The van der Waals surface area contributed by atoms with Crippen LogP contribution in [0.2, 0.25) is 0 Å². The van der Waals surface area contributed by atoms with Crippen molar-refractivity contribution in [3.63, 3.8) is 0 Å². The van der Waals surface area contributed by atoms with E-state index in [1.165, 1.54) is 10.7 Å². The van der Waals surface area contributed by atoms with Gasteiger partial charge in [-0.1, -0.05) is 25.2 Å². The van der Waals surface area contributed by atoms with E-state index in [0.717, 1.165) is 0 Å². The summed E-state index contributed by atoms with van der Waals surface area (Å²) in [5, 5.41) is 12.0. The average Bonchev–Trinajstić information content (AvgIpc) is 3.49. The zero-order valence-corrected chi connectivity index (χ0v) is 23.0. The molecule has 2 saturated heterocycles. The molecule has 1 atom stereocenters. The lowest BCUT2D eigenvalue weighted by molar-refractivity contribution is -0.136. The van der Waals surface area contributed by atoms with Gasteiger partial charge in [-0.15, -0.1) is 10.2 Å². The minimum absolute atomic E-state index is 0.00168. The van der Waals surface area contributed by atoms with Crippen LogP contribution in [0.25, 0.3) is 16.0 Å². The van der Waals surface area contributed by atoms with E-state index < -0.39 is 27.0 Å². The minimum atomic E-state index is -3.98. The second kappa shape index (κ2) is 9.77. The molecule has 2 aliphatic rings. The predicted molar refractivity (Wildman–Crippen MR) is 137 cm³/mol. The molecule has 2 aliphatic heterocycles. The molecule has 38 heavy (non-hydrogen) atoms. The second-order valence-corrected chi connectivity index (χ2v) is 13.0. The van der Waals surface area contributed by atoms with Gasteiger partial charge in [-0.05, 0) is 26.0 Å². The highest BCUT2D eigenvalue weighted by Crippen LogP contribution is 2.35. The van der Waals surface area contributed by atoms with Crippen LogP contribution in [-0.4, -0.2) is 83.6 Å². The SMILES string of the molecule is CC(C)C(=O)N1CCN(c2cc(S(=O)(=O)NC3(C)COC3)cc3c2cnn3-c2nnc(C(F)F)s2)CC1C. The maximum Gasteiger partial charge on any atom is 0.291 e. The number of nitrogens with zero attached hydrogens (tertiary/aromatic N) is 6. The number of rotatable bonds is 7. The van der Waals surface area contributed by atoms with Crippen LogP contribution in [0, 0.1) is 5.92 Å². The molecule has 11 nitrogen and oxygen atoms in total. The number of alkyl halides is 2. The number of piperazine rings is 1. The van der Waals surface area contributed by atoms with Crippen LogP contribution >= 0.6 is 11.3 Å². The van der Waals surface area contributed by atoms with E-state index in [9.17, 15) is 22.0 Å². The molecule has 15 heteroatoms. The van der Waals surface area contributed by atoms with Crippen molar-refractivity contribution in [2.45, 2.75) is 50.6 Å². The van der Waals surface area contributed by atoms with Gasteiger partial charge >= 0.3 is 0 Å². The highest BCUT2D eigenvalue weighted by molar-refractivity contribution is 7.89. The summed E-state index contributed by atoms with van der Waals surface area (Å²) in [6.45, 7) is 9.40. The first-order valence-corrected chi connectivity index (χ1v) is 14.5. The van der Waals surface area contributed by atoms with E-state index >= 15 is 0 Å². The number of carbonyl (C=O) groups is 1. The molecule has 2 fully saturated rings. The zero-order valence-electron chi connectivity index (χ0n) is 21.4. The maximum atomic E-state index is 13.5. The number of hydrogen-bond acceptors (Lipinski definition) is 9. The van der Waals surface area contributed by atoms with Gasteiger partial charge in [0.25, 0.3) is 6.43 Å². The van der Waals surface area contributed by atoms with Crippen molar-refractivity contribution in [2.24, 2.45) is 5.92 Å². The smallest absolute Gasteiger partial charge is 0.291 e. The predicted octanol–water partition coefficient (Wildman–Crippen LogP) is 2.57. The average molecular weight is 570 g/mol. The van der Waals surface area contributed by atoms with E-state index in [-0.39, 0.29) is 41.1 Å². The summed E-state index contributed by atoms with van der Waals surface area (Å²) >= 11 is 0.687. The Morgan fingerprint density at radius 3 is 2.55 bits per heavy atom. The molecule has 0 radical (unpaired) electrons. The fraction of sp³-hybridized carbons (Fsp3) is 0.565. The summed E-state index contributed by atoms with van der Waals surface area (Å²) in [5.41, 5.74) is 0.283. The van der Waals surface area contributed by atoms with Gasteiger partial charge in [0.2, 0.25) is 21.1 Å². The van der Waals surface area contributed by atoms with Gasteiger partial charge in [-0.25, -0.2) is 26.6 Å². The van der Waals surface area contributed by atoms with Crippen molar-refractivity contribution in [1.29, 1.82) is 0 Å². The van der Waals surface area contributed by atoms with Crippen LogP contribution in [0.15, 0.2) is 23.2 Å². The number of aromatic nitrogens is 4. The van der Waals surface area contributed by atoms with Gasteiger partial charge in [-0.3, -0.25) is 4.79 Å². The normalized spacial score (nSPS) is 19.9. The monoisotopic (exact) mass is 569 g/mol. The molecule has 1 aromatic carbocycles. The summed E-state index contributed by atoms with van der Waals surface area (Å²) in [6, 6.07) is 2.95. The molecular formula is C23H29F2N7O4S2. The highest BCUT2D eigenvalue weighted by atomic mass is 32.2. The van der Waals surface area contributed by atoms with Crippen LogP contribution in [0.5, 0.6) is 0 Å². The van der Waals surface area contributed by atoms with E-state index in [1.54, 1.807) is 19.2 Å². The summed E-state index contributed by atoms with van der Waals surface area (Å²) in [4.78, 5) is 16.5. The highest BCUT2D eigenvalue weighted by Gasteiger charge is 2.38. The molecule has 0 spiro atoms. The van der Waals surface area contributed by atoms with Crippen LogP contribution in [-0.2, 0) is 19.6 Å². The number of anilines is 1.